The summed E-state index contributed by atoms with van der Waals surface area (Å²) in [5.41, 5.74) is 3.46. The van der Waals surface area contributed by atoms with Gasteiger partial charge in [-0.15, -0.1) is 0 Å². The van der Waals surface area contributed by atoms with Crippen LogP contribution in [-0.4, -0.2) is 36.8 Å². The van der Waals surface area contributed by atoms with Crippen LogP contribution in [0.2, 0.25) is 29.6 Å². The van der Waals surface area contributed by atoms with Gasteiger partial charge in [0, 0.05) is 0 Å². The van der Waals surface area contributed by atoms with E-state index in [0.717, 1.165) is 0 Å². The quantitative estimate of drug-likeness (QED) is 0.487. The zero-order chi connectivity index (χ0) is 15.3. The van der Waals surface area contributed by atoms with E-state index in [0.29, 0.717) is 0 Å². The molecule has 0 fully saturated rings. The molecule has 0 amide bonds. The topological polar surface area (TPSA) is 0 Å². The SMILES string of the molecule is CCc1[c]([Sn]([CH3])([CH3])[CH3])sc2c(CC)[c]([Sn]([CH3])([CH3])[CH3])sc12. The van der Waals surface area contributed by atoms with Gasteiger partial charge >= 0.3 is 142 Å². The van der Waals surface area contributed by atoms with Crippen molar-refractivity contribution < 1.29 is 0 Å². The van der Waals surface area contributed by atoms with Gasteiger partial charge in [0.15, 0.2) is 0 Å². The normalized spacial score (nSPS) is 13.4. The predicted octanol–water partition coefficient (Wildman–Crippen LogP) is 5.18. The van der Waals surface area contributed by atoms with E-state index < -0.39 is 36.8 Å². The molecule has 0 aliphatic heterocycles. The Kier molecular flexibility index (Phi) is 5.32. The first-order valence-corrected chi connectivity index (χ1v) is 29.3. The summed E-state index contributed by atoms with van der Waals surface area (Å²) in [6, 6.07) is 0. The van der Waals surface area contributed by atoms with E-state index in [1.807, 2.05) is 5.79 Å². The molecule has 2 heterocycles. The fourth-order valence-electron chi connectivity index (χ4n) is 2.88. The summed E-state index contributed by atoms with van der Waals surface area (Å²) < 4.78 is 7.01. The molecule has 4 heteroatoms. The summed E-state index contributed by atoms with van der Waals surface area (Å²) in [6.45, 7) is 4.71. The van der Waals surface area contributed by atoms with E-state index in [-0.39, 0.29) is 0 Å². The third-order valence-corrected chi connectivity index (χ3v) is 25.6. The van der Waals surface area contributed by atoms with Gasteiger partial charge in [0.05, 0.1) is 0 Å². The van der Waals surface area contributed by atoms with Gasteiger partial charge in [-0.25, -0.2) is 0 Å². The van der Waals surface area contributed by atoms with Crippen LogP contribution in [0.4, 0.5) is 0 Å². The van der Waals surface area contributed by atoms with Crippen molar-refractivity contribution in [2.24, 2.45) is 0 Å². The average molecular weight is 522 g/mol. The monoisotopic (exact) mass is 524 g/mol. The Morgan fingerprint density at radius 2 is 0.950 bits per heavy atom. The van der Waals surface area contributed by atoms with E-state index in [1.165, 1.54) is 12.8 Å². The zero-order valence-corrected chi connectivity index (χ0v) is 21.6. The molecular formula is C16H28S2Sn2. The number of hydrogen-bond donors (Lipinski definition) is 0. The van der Waals surface area contributed by atoms with Crippen molar-refractivity contribution in [2.75, 3.05) is 0 Å². The molecule has 0 aliphatic carbocycles. The summed E-state index contributed by atoms with van der Waals surface area (Å²) in [6.07, 6.45) is 2.46. The zero-order valence-electron chi connectivity index (χ0n) is 14.2. The average Bonchev–Trinajstić information content (AvgIpc) is 2.81. The Bertz CT molecular complexity index is 565. The van der Waals surface area contributed by atoms with E-state index in [1.54, 1.807) is 20.5 Å². The molecule has 0 aromatic carbocycles. The Labute approximate surface area is 140 Å². The van der Waals surface area contributed by atoms with Crippen molar-refractivity contribution in [3.8, 4) is 0 Å². The van der Waals surface area contributed by atoms with E-state index in [4.69, 9.17) is 0 Å². The molecule has 0 spiro atoms. The standard InChI is InChI=1S/C10H10S2.6CH3.2Sn/c1-3-7-5-11-10-8(4-2)6-12-9(7)10;;;;;;;;/h3-4H2,1-2H3;6*1H3;;. The molecule has 0 radical (unpaired) electrons. The summed E-state index contributed by atoms with van der Waals surface area (Å²) in [5.74, 6) is 0. The maximum absolute atomic E-state index is 2.57. The van der Waals surface area contributed by atoms with Crippen LogP contribution in [0.15, 0.2) is 0 Å². The van der Waals surface area contributed by atoms with Crippen LogP contribution in [0.1, 0.15) is 25.0 Å². The minimum absolute atomic E-state index is 1.23. The van der Waals surface area contributed by atoms with Gasteiger partial charge in [-0.1, -0.05) is 0 Å². The number of fused-ring (bicyclic) bond motifs is 1. The maximum atomic E-state index is 2.57. The molecule has 2 aromatic heterocycles. The Morgan fingerprint density at radius 1 is 0.650 bits per heavy atom. The predicted molar refractivity (Wildman–Crippen MR) is 104 cm³/mol. The third-order valence-electron chi connectivity index (χ3n) is 3.78. The second-order valence-electron chi connectivity index (χ2n) is 7.68. The van der Waals surface area contributed by atoms with Crippen LogP contribution in [-0.2, 0) is 12.8 Å². The number of rotatable bonds is 4. The van der Waals surface area contributed by atoms with Gasteiger partial charge in [-0.05, 0) is 0 Å². The van der Waals surface area contributed by atoms with Crippen LogP contribution in [0.5, 0.6) is 0 Å². The summed E-state index contributed by atoms with van der Waals surface area (Å²) in [5, 5.41) is 0. The van der Waals surface area contributed by atoms with Crippen molar-refractivity contribution in [1.82, 2.24) is 0 Å². The van der Waals surface area contributed by atoms with Crippen molar-refractivity contribution in [2.45, 2.75) is 56.3 Å². The molecule has 0 atom stereocenters. The van der Waals surface area contributed by atoms with E-state index in [9.17, 15) is 0 Å². The molecular weight excluding hydrogens is 494 g/mol. The van der Waals surface area contributed by atoms with Crippen LogP contribution in [0.25, 0.3) is 9.40 Å². The van der Waals surface area contributed by atoms with Crippen LogP contribution < -0.4 is 5.79 Å². The Morgan fingerprint density at radius 3 is 1.15 bits per heavy atom. The molecule has 0 nitrogen and oxygen atoms in total. The number of aryl methyl sites for hydroxylation is 2. The van der Waals surface area contributed by atoms with Crippen molar-refractivity contribution in [1.29, 1.82) is 0 Å². The first-order chi connectivity index (χ1) is 9.11. The first kappa shape index (κ1) is 17.6. The molecule has 112 valence electrons. The molecule has 0 saturated heterocycles. The fourth-order valence-corrected chi connectivity index (χ4v) is 20.6. The Hall–Kier alpha value is 1.26. The van der Waals surface area contributed by atoms with Gasteiger partial charge < -0.3 is 0 Å². The summed E-state index contributed by atoms with van der Waals surface area (Å²) >= 11 is 0.437. The molecule has 0 saturated carbocycles. The van der Waals surface area contributed by atoms with Crippen LogP contribution in [0, 0.1) is 0 Å². The van der Waals surface area contributed by atoms with Crippen LogP contribution in [0.3, 0.4) is 0 Å². The molecule has 0 N–H and O–H groups in total. The third kappa shape index (κ3) is 3.13. The number of thiophene rings is 2. The van der Waals surface area contributed by atoms with Gasteiger partial charge in [-0.3, -0.25) is 0 Å². The fraction of sp³-hybridized carbons (Fsp3) is 0.625. The second-order valence-corrected chi connectivity index (χ2v) is 40.3. The molecule has 0 bridgehead atoms. The Balaban J connectivity index is 2.80. The van der Waals surface area contributed by atoms with Crippen molar-refractivity contribution in [3.05, 3.63) is 11.1 Å². The molecule has 20 heavy (non-hydrogen) atoms. The van der Waals surface area contributed by atoms with E-state index >= 15 is 0 Å². The molecule has 2 rings (SSSR count). The molecule has 0 unspecified atom stereocenters. The second kappa shape index (κ2) is 6.04. The summed E-state index contributed by atoms with van der Waals surface area (Å²) in [7, 11) is 0. The van der Waals surface area contributed by atoms with Crippen LogP contribution >= 0.6 is 22.7 Å². The number of hydrogen-bond acceptors (Lipinski definition) is 2. The van der Waals surface area contributed by atoms with Gasteiger partial charge in [-0.2, -0.15) is 0 Å². The van der Waals surface area contributed by atoms with Crippen molar-refractivity contribution >= 4 is 74.6 Å². The van der Waals surface area contributed by atoms with E-state index in [2.05, 4.69) is 66.2 Å². The van der Waals surface area contributed by atoms with Gasteiger partial charge in [0.25, 0.3) is 0 Å². The first-order valence-electron chi connectivity index (χ1n) is 7.69. The summed E-state index contributed by atoms with van der Waals surface area (Å²) in [4.78, 5) is 15.4. The minimum atomic E-state index is -1.96. The van der Waals surface area contributed by atoms with Crippen molar-refractivity contribution in [3.63, 3.8) is 0 Å². The molecule has 0 aliphatic rings. The van der Waals surface area contributed by atoms with Gasteiger partial charge in [0.1, 0.15) is 0 Å². The molecule has 2 aromatic rings. The van der Waals surface area contributed by atoms with Gasteiger partial charge in [0.2, 0.25) is 0 Å².